The fourth-order valence-electron chi connectivity index (χ4n) is 2.10. The maximum absolute atomic E-state index is 6.29. The molecular formula is C16H17BrClNO. The molecule has 2 N–H and O–H groups in total. The van der Waals surface area contributed by atoms with Crippen molar-refractivity contribution in [1.82, 2.24) is 0 Å². The van der Waals surface area contributed by atoms with Gasteiger partial charge in [0.05, 0.1) is 7.11 Å². The zero-order chi connectivity index (χ0) is 14.7. The van der Waals surface area contributed by atoms with E-state index in [1.165, 1.54) is 0 Å². The SMILES string of the molecule is COc1ccc(Br)cc1CC(N)c1ccc(C)c(Cl)c1. The largest absolute Gasteiger partial charge is 0.496 e. The van der Waals surface area contributed by atoms with Crippen molar-refractivity contribution in [1.29, 1.82) is 0 Å². The van der Waals surface area contributed by atoms with Crippen LogP contribution in [0.2, 0.25) is 5.02 Å². The number of methoxy groups -OCH3 is 1. The van der Waals surface area contributed by atoms with Gasteiger partial charge in [0, 0.05) is 15.5 Å². The highest BCUT2D eigenvalue weighted by molar-refractivity contribution is 9.10. The van der Waals surface area contributed by atoms with Crippen LogP contribution >= 0.6 is 27.5 Å². The third kappa shape index (κ3) is 3.54. The molecule has 0 aliphatic heterocycles. The number of aryl methyl sites for hydroxylation is 1. The van der Waals surface area contributed by atoms with Gasteiger partial charge in [-0.3, -0.25) is 0 Å². The lowest BCUT2D eigenvalue weighted by atomic mass is 9.98. The first-order valence-electron chi connectivity index (χ1n) is 6.35. The number of hydrogen-bond donors (Lipinski definition) is 1. The maximum Gasteiger partial charge on any atom is 0.122 e. The Morgan fingerprint density at radius 3 is 2.65 bits per heavy atom. The standard InChI is InChI=1S/C16H17BrClNO/c1-10-3-4-11(8-14(10)18)15(19)9-12-7-13(17)5-6-16(12)20-2/h3-8,15H,9,19H2,1-2H3. The molecule has 0 saturated carbocycles. The minimum Gasteiger partial charge on any atom is -0.496 e. The zero-order valence-corrected chi connectivity index (χ0v) is 13.8. The Kier molecular flexibility index (Phi) is 5.08. The summed E-state index contributed by atoms with van der Waals surface area (Å²) in [6.45, 7) is 1.98. The monoisotopic (exact) mass is 353 g/mol. The first-order chi connectivity index (χ1) is 9.51. The molecule has 20 heavy (non-hydrogen) atoms. The molecule has 0 fully saturated rings. The topological polar surface area (TPSA) is 35.2 Å². The highest BCUT2D eigenvalue weighted by Gasteiger charge is 2.12. The van der Waals surface area contributed by atoms with Crippen molar-refractivity contribution < 1.29 is 4.74 Å². The van der Waals surface area contributed by atoms with Crippen LogP contribution in [0.1, 0.15) is 22.7 Å². The normalized spacial score (nSPS) is 12.2. The minimum absolute atomic E-state index is 0.115. The Hall–Kier alpha value is -1.03. The Morgan fingerprint density at radius 2 is 2.00 bits per heavy atom. The maximum atomic E-state index is 6.29. The molecule has 0 aromatic heterocycles. The van der Waals surface area contributed by atoms with Crippen LogP contribution in [0.15, 0.2) is 40.9 Å². The minimum atomic E-state index is -0.115. The van der Waals surface area contributed by atoms with Gasteiger partial charge < -0.3 is 10.5 Å². The van der Waals surface area contributed by atoms with Crippen LogP contribution in [-0.4, -0.2) is 7.11 Å². The smallest absolute Gasteiger partial charge is 0.122 e. The Labute approximate surface area is 133 Å². The second-order valence-electron chi connectivity index (χ2n) is 4.78. The number of rotatable bonds is 4. The number of nitrogens with two attached hydrogens (primary N) is 1. The number of ether oxygens (including phenoxy) is 1. The van der Waals surface area contributed by atoms with Crippen LogP contribution in [0.4, 0.5) is 0 Å². The molecule has 1 atom stereocenters. The lowest BCUT2D eigenvalue weighted by Gasteiger charge is -2.16. The number of hydrogen-bond acceptors (Lipinski definition) is 2. The van der Waals surface area contributed by atoms with E-state index >= 15 is 0 Å². The Bertz CT molecular complexity index is 615. The quantitative estimate of drug-likeness (QED) is 0.866. The molecule has 0 amide bonds. The first-order valence-corrected chi connectivity index (χ1v) is 7.52. The zero-order valence-electron chi connectivity index (χ0n) is 11.5. The number of benzene rings is 2. The third-order valence-electron chi connectivity index (χ3n) is 3.31. The van der Waals surface area contributed by atoms with Crippen molar-refractivity contribution in [3.05, 3.63) is 62.6 Å². The first kappa shape index (κ1) is 15.4. The van der Waals surface area contributed by atoms with Gasteiger partial charge in [0.1, 0.15) is 5.75 Å². The van der Waals surface area contributed by atoms with E-state index in [0.29, 0.717) is 6.42 Å². The van der Waals surface area contributed by atoms with Crippen molar-refractivity contribution >= 4 is 27.5 Å². The molecule has 0 saturated heterocycles. The van der Waals surface area contributed by atoms with E-state index in [1.54, 1.807) is 7.11 Å². The second-order valence-corrected chi connectivity index (χ2v) is 6.10. The number of halogens is 2. The molecule has 106 valence electrons. The van der Waals surface area contributed by atoms with Crippen molar-refractivity contribution in [2.75, 3.05) is 7.11 Å². The summed E-state index contributed by atoms with van der Waals surface area (Å²) in [6.07, 6.45) is 0.696. The van der Waals surface area contributed by atoms with Crippen molar-refractivity contribution in [2.24, 2.45) is 5.73 Å². The molecule has 1 unspecified atom stereocenters. The van der Waals surface area contributed by atoms with Crippen LogP contribution in [0.5, 0.6) is 5.75 Å². The molecule has 0 aliphatic rings. The van der Waals surface area contributed by atoms with Crippen molar-refractivity contribution in [3.63, 3.8) is 0 Å². The fourth-order valence-corrected chi connectivity index (χ4v) is 2.70. The predicted molar refractivity (Wildman–Crippen MR) is 87.5 cm³/mol. The van der Waals surface area contributed by atoms with Gasteiger partial charge in [0.15, 0.2) is 0 Å². The lowest BCUT2D eigenvalue weighted by molar-refractivity contribution is 0.408. The van der Waals surface area contributed by atoms with Crippen LogP contribution in [-0.2, 0) is 6.42 Å². The molecule has 2 rings (SSSR count). The van der Waals surface area contributed by atoms with E-state index in [1.807, 2.05) is 43.3 Å². The van der Waals surface area contributed by atoms with E-state index in [4.69, 9.17) is 22.1 Å². The van der Waals surface area contributed by atoms with Crippen LogP contribution in [0, 0.1) is 6.92 Å². The average molecular weight is 355 g/mol. The van der Waals surface area contributed by atoms with Crippen LogP contribution < -0.4 is 10.5 Å². The summed E-state index contributed by atoms with van der Waals surface area (Å²) in [6, 6.07) is 11.8. The summed E-state index contributed by atoms with van der Waals surface area (Å²) in [4.78, 5) is 0. The highest BCUT2D eigenvalue weighted by atomic mass is 79.9. The van der Waals surface area contributed by atoms with Crippen molar-refractivity contribution in [3.8, 4) is 5.75 Å². The highest BCUT2D eigenvalue weighted by Crippen LogP contribution is 2.28. The summed E-state index contributed by atoms with van der Waals surface area (Å²) in [5.74, 6) is 0.849. The molecule has 4 heteroatoms. The predicted octanol–water partition coefficient (Wildman–Crippen LogP) is 4.66. The molecule has 0 bridgehead atoms. The van der Waals surface area contributed by atoms with E-state index in [2.05, 4.69) is 15.9 Å². The van der Waals surface area contributed by atoms with Gasteiger partial charge >= 0.3 is 0 Å². The van der Waals surface area contributed by atoms with Gasteiger partial charge in [-0.2, -0.15) is 0 Å². The molecule has 0 spiro atoms. The van der Waals surface area contributed by atoms with E-state index < -0.39 is 0 Å². The van der Waals surface area contributed by atoms with Crippen molar-refractivity contribution in [2.45, 2.75) is 19.4 Å². The second kappa shape index (κ2) is 6.61. The molecule has 2 aromatic carbocycles. The summed E-state index contributed by atoms with van der Waals surface area (Å²) in [7, 11) is 1.67. The van der Waals surface area contributed by atoms with Gasteiger partial charge in [-0.15, -0.1) is 0 Å². The van der Waals surface area contributed by atoms with Gasteiger partial charge in [0.25, 0.3) is 0 Å². The molecule has 2 aromatic rings. The molecule has 2 nitrogen and oxygen atoms in total. The van der Waals surface area contributed by atoms with Crippen LogP contribution in [0.25, 0.3) is 0 Å². The molecule has 0 aliphatic carbocycles. The van der Waals surface area contributed by atoms with E-state index in [-0.39, 0.29) is 6.04 Å². The van der Waals surface area contributed by atoms with Gasteiger partial charge in [-0.25, -0.2) is 0 Å². The fraction of sp³-hybridized carbons (Fsp3) is 0.250. The van der Waals surface area contributed by atoms with Gasteiger partial charge in [0.2, 0.25) is 0 Å². The molecule has 0 radical (unpaired) electrons. The molecular weight excluding hydrogens is 338 g/mol. The van der Waals surface area contributed by atoms with Gasteiger partial charge in [-0.05, 0) is 54.3 Å². The van der Waals surface area contributed by atoms with E-state index in [0.717, 1.165) is 31.9 Å². The summed E-state index contributed by atoms with van der Waals surface area (Å²) in [5, 5.41) is 0.749. The molecule has 0 heterocycles. The summed E-state index contributed by atoms with van der Waals surface area (Å²) in [5.41, 5.74) is 9.45. The third-order valence-corrected chi connectivity index (χ3v) is 4.21. The lowest BCUT2D eigenvalue weighted by Crippen LogP contribution is -2.14. The Morgan fingerprint density at radius 1 is 1.25 bits per heavy atom. The summed E-state index contributed by atoms with van der Waals surface area (Å²) >= 11 is 9.63. The van der Waals surface area contributed by atoms with Crippen LogP contribution in [0.3, 0.4) is 0 Å². The van der Waals surface area contributed by atoms with Gasteiger partial charge in [-0.1, -0.05) is 39.7 Å². The van der Waals surface area contributed by atoms with E-state index in [9.17, 15) is 0 Å². The summed E-state index contributed by atoms with van der Waals surface area (Å²) < 4.78 is 6.39. The Balaban J connectivity index is 2.24. The average Bonchev–Trinajstić information content (AvgIpc) is 2.42.